The Kier molecular flexibility index (Phi) is 4.74. The SMILES string of the molecule is COCCN1C(=O)C2(CCN(Cc3ccccn3)CC2)c2ccccc21. The van der Waals surface area contributed by atoms with Crippen LogP contribution < -0.4 is 4.90 Å². The highest BCUT2D eigenvalue weighted by Crippen LogP contribution is 2.47. The first kappa shape index (κ1) is 17.2. The number of para-hydroxylation sites is 1. The fourth-order valence-electron chi connectivity index (χ4n) is 4.30. The van der Waals surface area contributed by atoms with Gasteiger partial charge in [-0.25, -0.2) is 0 Å². The molecule has 4 rings (SSSR count). The molecule has 1 aromatic heterocycles. The summed E-state index contributed by atoms with van der Waals surface area (Å²) in [7, 11) is 1.68. The lowest BCUT2D eigenvalue weighted by Gasteiger charge is -2.38. The number of ether oxygens (including phenoxy) is 1. The number of likely N-dealkylation sites (tertiary alicyclic amines) is 1. The van der Waals surface area contributed by atoms with E-state index < -0.39 is 0 Å². The minimum atomic E-state index is -0.370. The zero-order valence-electron chi connectivity index (χ0n) is 15.2. The number of carbonyl (C=O) groups excluding carboxylic acids is 1. The maximum absolute atomic E-state index is 13.3. The maximum Gasteiger partial charge on any atom is 0.237 e. The van der Waals surface area contributed by atoms with Gasteiger partial charge < -0.3 is 9.64 Å². The third-order valence-electron chi connectivity index (χ3n) is 5.71. The highest BCUT2D eigenvalue weighted by atomic mass is 16.5. The average Bonchev–Trinajstić information content (AvgIpc) is 2.91. The Morgan fingerprint density at radius 3 is 2.62 bits per heavy atom. The molecule has 5 nitrogen and oxygen atoms in total. The first-order chi connectivity index (χ1) is 12.7. The van der Waals surface area contributed by atoms with Crippen molar-refractivity contribution in [3.05, 3.63) is 59.9 Å². The minimum Gasteiger partial charge on any atom is -0.383 e. The molecule has 5 heteroatoms. The van der Waals surface area contributed by atoms with E-state index in [0.29, 0.717) is 13.2 Å². The first-order valence-electron chi connectivity index (χ1n) is 9.27. The van der Waals surface area contributed by atoms with Crippen LogP contribution in [0.25, 0.3) is 0 Å². The normalized spacial score (nSPS) is 19.1. The fraction of sp³-hybridized carbons (Fsp3) is 0.429. The second-order valence-electron chi connectivity index (χ2n) is 7.15. The number of hydrogen-bond acceptors (Lipinski definition) is 4. The molecule has 2 aromatic rings. The van der Waals surface area contributed by atoms with E-state index in [-0.39, 0.29) is 11.3 Å². The van der Waals surface area contributed by atoms with E-state index in [9.17, 15) is 4.79 Å². The number of aromatic nitrogens is 1. The van der Waals surface area contributed by atoms with Gasteiger partial charge in [0.2, 0.25) is 5.91 Å². The molecular weight excluding hydrogens is 326 g/mol. The third-order valence-corrected chi connectivity index (χ3v) is 5.71. The van der Waals surface area contributed by atoms with Crippen molar-refractivity contribution in [2.24, 2.45) is 0 Å². The molecule has 3 heterocycles. The summed E-state index contributed by atoms with van der Waals surface area (Å²) in [6.07, 6.45) is 3.56. The molecule has 0 bridgehead atoms. The van der Waals surface area contributed by atoms with Crippen LogP contribution >= 0.6 is 0 Å². The van der Waals surface area contributed by atoms with E-state index in [1.165, 1.54) is 5.56 Å². The average molecular weight is 351 g/mol. The summed E-state index contributed by atoms with van der Waals surface area (Å²) in [5, 5.41) is 0. The van der Waals surface area contributed by atoms with Gasteiger partial charge in [-0.05, 0) is 49.7 Å². The van der Waals surface area contributed by atoms with E-state index >= 15 is 0 Å². The number of piperidine rings is 1. The molecule has 0 aliphatic carbocycles. The quantitative estimate of drug-likeness (QED) is 0.831. The van der Waals surface area contributed by atoms with Gasteiger partial charge in [-0.15, -0.1) is 0 Å². The Morgan fingerprint density at radius 2 is 1.88 bits per heavy atom. The van der Waals surface area contributed by atoms with E-state index in [1.807, 2.05) is 35.4 Å². The van der Waals surface area contributed by atoms with Crippen molar-refractivity contribution < 1.29 is 9.53 Å². The number of methoxy groups -OCH3 is 1. The summed E-state index contributed by atoms with van der Waals surface area (Å²) in [4.78, 5) is 22.1. The van der Waals surface area contributed by atoms with Gasteiger partial charge >= 0.3 is 0 Å². The highest BCUT2D eigenvalue weighted by molar-refractivity contribution is 6.08. The summed E-state index contributed by atoms with van der Waals surface area (Å²) in [5.74, 6) is 0.244. The number of nitrogens with zero attached hydrogens (tertiary/aromatic N) is 3. The second kappa shape index (κ2) is 7.17. The summed E-state index contributed by atoms with van der Waals surface area (Å²) < 4.78 is 5.22. The van der Waals surface area contributed by atoms with Crippen molar-refractivity contribution in [3.8, 4) is 0 Å². The molecule has 1 spiro atoms. The number of fused-ring (bicyclic) bond motifs is 2. The Bertz CT molecular complexity index is 770. The lowest BCUT2D eigenvalue weighted by Crippen LogP contribution is -2.49. The van der Waals surface area contributed by atoms with Crippen molar-refractivity contribution >= 4 is 11.6 Å². The van der Waals surface area contributed by atoms with E-state index in [0.717, 1.165) is 43.9 Å². The smallest absolute Gasteiger partial charge is 0.237 e. The molecule has 0 saturated carbocycles. The molecule has 0 unspecified atom stereocenters. The predicted octanol–water partition coefficient (Wildman–Crippen LogP) is 2.61. The number of rotatable bonds is 5. The number of amides is 1. The molecule has 1 aromatic carbocycles. The molecule has 0 atom stereocenters. The zero-order chi connectivity index (χ0) is 18.0. The largest absolute Gasteiger partial charge is 0.383 e. The summed E-state index contributed by atoms with van der Waals surface area (Å²) in [6.45, 7) is 3.84. The van der Waals surface area contributed by atoms with Crippen LogP contribution in [0.4, 0.5) is 5.69 Å². The Hall–Kier alpha value is -2.24. The van der Waals surface area contributed by atoms with Gasteiger partial charge in [0.1, 0.15) is 0 Å². The van der Waals surface area contributed by atoms with Crippen LogP contribution in [0.3, 0.4) is 0 Å². The third kappa shape index (κ3) is 2.91. The molecular formula is C21H25N3O2. The van der Waals surface area contributed by atoms with Crippen LogP contribution in [-0.4, -0.2) is 49.1 Å². The van der Waals surface area contributed by atoms with Gasteiger partial charge in [0.05, 0.1) is 17.7 Å². The van der Waals surface area contributed by atoms with Crippen LogP contribution in [0.2, 0.25) is 0 Å². The number of anilines is 1. The standard InChI is InChI=1S/C21H25N3O2/c1-26-15-14-24-19-8-3-2-7-18(19)21(20(24)25)9-12-23(13-10-21)16-17-6-4-5-11-22-17/h2-8,11H,9-10,12-16H2,1H3. The summed E-state index contributed by atoms with van der Waals surface area (Å²) >= 11 is 0. The lowest BCUT2D eigenvalue weighted by atomic mass is 9.73. The molecule has 2 aliphatic heterocycles. The van der Waals surface area contributed by atoms with Gasteiger partial charge in [0.15, 0.2) is 0 Å². The molecule has 26 heavy (non-hydrogen) atoms. The van der Waals surface area contributed by atoms with Crippen LogP contribution in [0, 0.1) is 0 Å². The first-order valence-corrected chi connectivity index (χ1v) is 9.27. The molecule has 136 valence electrons. The molecule has 1 saturated heterocycles. The fourth-order valence-corrected chi connectivity index (χ4v) is 4.30. The number of carbonyl (C=O) groups is 1. The number of benzene rings is 1. The van der Waals surface area contributed by atoms with Crippen LogP contribution in [-0.2, 0) is 21.5 Å². The molecule has 1 fully saturated rings. The maximum atomic E-state index is 13.3. The molecule has 0 radical (unpaired) electrons. The van der Waals surface area contributed by atoms with Gasteiger partial charge in [-0.2, -0.15) is 0 Å². The van der Waals surface area contributed by atoms with Crippen molar-refractivity contribution in [1.82, 2.24) is 9.88 Å². The van der Waals surface area contributed by atoms with Gasteiger partial charge in [0, 0.05) is 32.1 Å². The Balaban J connectivity index is 1.53. The Morgan fingerprint density at radius 1 is 1.12 bits per heavy atom. The number of hydrogen-bond donors (Lipinski definition) is 0. The van der Waals surface area contributed by atoms with Gasteiger partial charge in [-0.1, -0.05) is 24.3 Å². The molecule has 1 amide bonds. The molecule has 0 N–H and O–H groups in total. The zero-order valence-corrected chi connectivity index (χ0v) is 15.2. The van der Waals surface area contributed by atoms with Gasteiger partial charge in [0.25, 0.3) is 0 Å². The van der Waals surface area contributed by atoms with Crippen molar-refractivity contribution in [2.75, 3.05) is 38.3 Å². The summed E-state index contributed by atoms with van der Waals surface area (Å²) in [6, 6.07) is 14.3. The highest BCUT2D eigenvalue weighted by Gasteiger charge is 2.51. The van der Waals surface area contributed by atoms with Crippen molar-refractivity contribution in [2.45, 2.75) is 24.8 Å². The van der Waals surface area contributed by atoms with E-state index in [1.54, 1.807) is 7.11 Å². The topological polar surface area (TPSA) is 45.7 Å². The van der Waals surface area contributed by atoms with Gasteiger partial charge in [-0.3, -0.25) is 14.7 Å². The minimum absolute atomic E-state index is 0.244. The van der Waals surface area contributed by atoms with Crippen LogP contribution in [0.15, 0.2) is 48.7 Å². The van der Waals surface area contributed by atoms with Crippen LogP contribution in [0.5, 0.6) is 0 Å². The van der Waals surface area contributed by atoms with E-state index in [2.05, 4.69) is 28.1 Å². The number of pyridine rings is 1. The summed E-state index contributed by atoms with van der Waals surface area (Å²) in [5.41, 5.74) is 2.97. The van der Waals surface area contributed by atoms with Crippen molar-refractivity contribution in [3.63, 3.8) is 0 Å². The predicted molar refractivity (Wildman–Crippen MR) is 101 cm³/mol. The second-order valence-corrected chi connectivity index (χ2v) is 7.15. The van der Waals surface area contributed by atoms with E-state index in [4.69, 9.17) is 4.74 Å². The molecule has 2 aliphatic rings. The van der Waals surface area contributed by atoms with Crippen molar-refractivity contribution in [1.29, 1.82) is 0 Å². The van der Waals surface area contributed by atoms with Crippen LogP contribution in [0.1, 0.15) is 24.1 Å². The lowest BCUT2D eigenvalue weighted by molar-refractivity contribution is -0.125. The monoisotopic (exact) mass is 351 g/mol. The Labute approximate surface area is 154 Å².